The van der Waals surface area contributed by atoms with Gasteiger partial charge in [-0.2, -0.15) is 26.3 Å². The second kappa shape index (κ2) is 13.4. The van der Waals surface area contributed by atoms with Crippen LogP contribution in [0.1, 0.15) is 29.0 Å². The van der Waals surface area contributed by atoms with E-state index in [4.69, 9.17) is 14.6 Å². The fourth-order valence-electron chi connectivity index (χ4n) is 2.92. The third-order valence-corrected chi connectivity index (χ3v) is 5.58. The van der Waals surface area contributed by atoms with E-state index >= 15 is 0 Å². The van der Waals surface area contributed by atoms with E-state index in [1.165, 1.54) is 31.3 Å². The Labute approximate surface area is 207 Å². The molecule has 0 spiro atoms. The Bertz CT molecular complexity index is 1090. The lowest BCUT2D eigenvalue weighted by Crippen LogP contribution is -2.10. The van der Waals surface area contributed by atoms with Gasteiger partial charge in [-0.05, 0) is 56.3 Å². The van der Waals surface area contributed by atoms with Crippen molar-refractivity contribution in [2.24, 2.45) is 5.73 Å². The zero-order chi connectivity index (χ0) is 26.8. The summed E-state index contributed by atoms with van der Waals surface area (Å²) in [5, 5.41) is 17.5. The normalized spacial score (nSPS) is 11.6. The Balaban J connectivity index is 0.00000222. The van der Waals surface area contributed by atoms with E-state index in [0.717, 1.165) is 29.5 Å². The Hall–Kier alpha value is -2.90. The van der Waals surface area contributed by atoms with Crippen molar-refractivity contribution in [3.05, 3.63) is 58.6 Å². The summed E-state index contributed by atoms with van der Waals surface area (Å²) < 4.78 is 89.5. The first-order valence-corrected chi connectivity index (χ1v) is 11.5. The second-order valence-electron chi connectivity index (χ2n) is 7.11. The number of benzene rings is 2. The standard InChI is InChI=1S/C22H20F6N2O3S.CH5N/c23-21(24,25)15-4-3-5-16(13-15)32-10-1-2-11-33-18-7-6-14(12-17(18)22(26,27)28)20-30-29-19(34-20)8-9-31;1-2/h3-7,12-13,31H,1-2,8-11H2;2H2,1H3. The van der Waals surface area contributed by atoms with Gasteiger partial charge >= 0.3 is 12.4 Å². The van der Waals surface area contributed by atoms with Crippen LogP contribution in [0.5, 0.6) is 11.5 Å². The highest BCUT2D eigenvalue weighted by molar-refractivity contribution is 7.14. The van der Waals surface area contributed by atoms with Gasteiger partial charge in [0.05, 0.1) is 24.3 Å². The maximum absolute atomic E-state index is 13.6. The van der Waals surface area contributed by atoms with Crippen LogP contribution in [0.2, 0.25) is 0 Å². The van der Waals surface area contributed by atoms with E-state index in [0.29, 0.717) is 22.9 Å². The van der Waals surface area contributed by atoms with Gasteiger partial charge in [0, 0.05) is 18.6 Å². The summed E-state index contributed by atoms with van der Waals surface area (Å²) >= 11 is 1.10. The lowest BCUT2D eigenvalue weighted by atomic mass is 10.1. The quantitative estimate of drug-likeness (QED) is 0.259. The van der Waals surface area contributed by atoms with Crippen LogP contribution in [0.4, 0.5) is 26.3 Å². The molecule has 6 nitrogen and oxygen atoms in total. The molecular formula is C23H25F6N3O3S. The van der Waals surface area contributed by atoms with Gasteiger partial charge in [0.1, 0.15) is 21.5 Å². The molecule has 0 bridgehead atoms. The molecule has 0 fully saturated rings. The average Bonchev–Trinajstić information content (AvgIpc) is 3.30. The summed E-state index contributed by atoms with van der Waals surface area (Å²) in [6, 6.07) is 8.05. The molecule has 1 aromatic heterocycles. The molecule has 2 aromatic carbocycles. The fourth-order valence-corrected chi connectivity index (χ4v) is 3.74. The maximum Gasteiger partial charge on any atom is 0.419 e. The Morgan fingerprint density at radius 2 is 1.58 bits per heavy atom. The zero-order valence-corrected chi connectivity index (χ0v) is 20.0. The first-order chi connectivity index (χ1) is 17.1. The van der Waals surface area contributed by atoms with Crippen LogP contribution in [0.15, 0.2) is 42.5 Å². The topological polar surface area (TPSA) is 90.5 Å². The minimum absolute atomic E-state index is 0.0339. The predicted molar refractivity (Wildman–Crippen MR) is 123 cm³/mol. The molecule has 0 saturated heterocycles. The van der Waals surface area contributed by atoms with Crippen molar-refractivity contribution in [1.82, 2.24) is 10.2 Å². The zero-order valence-electron chi connectivity index (χ0n) is 19.2. The molecule has 0 aliphatic carbocycles. The highest BCUT2D eigenvalue weighted by Gasteiger charge is 2.35. The summed E-state index contributed by atoms with van der Waals surface area (Å²) in [7, 11) is 1.50. The molecule has 0 saturated carbocycles. The number of hydrogen-bond donors (Lipinski definition) is 2. The summed E-state index contributed by atoms with van der Waals surface area (Å²) in [5.74, 6) is -0.278. The SMILES string of the molecule is CN.OCCc1nnc(-c2ccc(OCCCCOc3cccc(C(F)(F)F)c3)c(C(F)(F)F)c2)s1. The smallest absolute Gasteiger partial charge is 0.419 e. The van der Waals surface area contributed by atoms with Crippen LogP contribution in [0.3, 0.4) is 0 Å². The number of ether oxygens (including phenoxy) is 2. The molecule has 0 unspecified atom stereocenters. The minimum atomic E-state index is -4.66. The van der Waals surface area contributed by atoms with E-state index in [2.05, 4.69) is 15.9 Å². The van der Waals surface area contributed by atoms with Crippen LogP contribution >= 0.6 is 11.3 Å². The number of unbranched alkanes of at least 4 members (excludes halogenated alkanes) is 1. The molecule has 0 amide bonds. The Morgan fingerprint density at radius 3 is 2.22 bits per heavy atom. The van der Waals surface area contributed by atoms with E-state index in [-0.39, 0.29) is 43.3 Å². The van der Waals surface area contributed by atoms with E-state index in [9.17, 15) is 26.3 Å². The highest BCUT2D eigenvalue weighted by atomic mass is 32.1. The molecular weight excluding hydrogens is 512 g/mol. The van der Waals surface area contributed by atoms with Gasteiger partial charge in [0.2, 0.25) is 0 Å². The molecule has 13 heteroatoms. The number of hydrogen-bond acceptors (Lipinski definition) is 7. The number of aromatic nitrogens is 2. The third-order valence-electron chi connectivity index (χ3n) is 4.55. The van der Waals surface area contributed by atoms with E-state index in [1.54, 1.807) is 0 Å². The lowest BCUT2D eigenvalue weighted by molar-refractivity contribution is -0.139. The molecule has 1 heterocycles. The fraction of sp³-hybridized carbons (Fsp3) is 0.391. The lowest BCUT2D eigenvalue weighted by Gasteiger charge is -2.15. The van der Waals surface area contributed by atoms with Gasteiger partial charge in [-0.15, -0.1) is 10.2 Å². The molecule has 0 aliphatic heterocycles. The molecule has 198 valence electrons. The number of halogens is 6. The number of nitrogens with two attached hydrogens (primary N) is 1. The average molecular weight is 538 g/mol. The molecule has 36 heavy (non-hydrogen) atoms. The summed E-state index contributed by atoms with van der Waals surface area (Å²) in [6.45, 7) is -0.0863. The molecule has 3 N–H and O–H groups in total. The van der Waals surface area contributed by atoms with Crippen molar-refractivity contribution >= 4 is 11.3 Å². The maximum atomic E-state index is 13.6. The molecule has 0 radical (unpaired) electrons. The monoisotopic (exact) mass is 537 g/mol. The first-order valence-electron chi connectivity index (χ1n) is 10.7. The van der Waals surface area contributed by atoms with Gasteiger partial charge in [-0.3, -0.25) is 0 Å². The molecule has 3 aromatic rings. The van der Waals surface area contributed by atoms with E-state index in [1.807, 2.05) is 0 Å². The predicted octanol–water partition coefficient (Wildman–Crippen LogP) is 5.59. The Kier molecular flexibility index (Phi) is 10.9. The van der Waals surface area contributed by atoms with Crippen molar-refractivity contribution in [3.8, 4) is 22.1 Å². The van der Waals surface area contributed by atoms with Crippen molar-refractivity contribution < 1.29 is 40.9 Å². The van der Waals surface area contributed by atoms with Gasteiger partial charge in [0.25, 0.3) is 0 Å². The summed E-state index contributed by atoms with van der Waals surface area (Å²) in [4.78, 5) is 0. The van der Waals surface area contributed by atoms with Gasteiger partial charge in [-0.25, -0.2) is 0 Å². The van der Waals surface area contributed by atoms with Crippen molar-refractivity contribution in [2.75, 3.05) is 26.9 Å². The summed E-state index contributed by atoms with van der Waals surface area (Å²) in [6.07, 6.45) is -8.16. The van der Waals surface area contributed by atoms with E-state index < -0.39 is 23.5 Å². The number of alkyl halides is 6. The molecule has 0 aliphatic rings. The largest absolute Gasteiger partial charge is 0.494 e. The van der Waals surface area contributed by atoms with Gasteiger partial charge in [-0.1, -0.05) is 17.4 Å². The van der Waals surface area contributed by atoms with Crippen LogP contribution in [0, 0.1) is 0 Å². The Morgan fingerprint density at radius 1 is 0.889 bits per heavy atom. The minimum Gasteiger partial charge on any atom is -0.494 e. The number of nitrogens with zero attached hydrogens (tertiary/aromatic N) is 2. The van der Waals surface area contributed by atoms with Crippen molar-refractivity contribution in [1.29, 1.82) is 0 Å². The van der Waals surface area contributed by atoms with Crippen molar-refractivity contribution in [3.63, 3.8) is 0 Å². The second-order valence-corrected chi connectivity index (χ2v) is 8.17. The number of rotatable bonds is 10. The van der Waals surface area contributed by atoms with Gasteiger partial charge < -0.3 is 20.3 Å². The van der Waals surface area contributed by atoms with Crippen LogP contribution in [-0.2, 0) is 18.8 Å². The number of aliphatic hydroxyl groups excluding tert-OH is 1. The molecule has 0 atom stereocenters. The molecule has 3 rings (SSSR count). The third kappa shape index (κ3) is 8.64. The van der Waals surface area contributed by atoms with Gasteiger partial charge in [0.15, 0.2) is 0 Å². The van der Waals surface area contributed by atoms with Crippen LogP contribution in [0.25, 0.3) is 10.6 Å². The first kappa shape index (κ1) is 29.3. The van der Waals surface area contributed by atoms with Crippen molar-refractivity contribution in [2.45, 2.75) is 31.6 Å². The highest BCUT2D eigenvalue weighted by Crippen LogP contribution is 2.39. The van der Waals surface area contributed by atoms with Crippen LogP contribution in [-0.4, -0.2) is 42.2 Å². The summed E-state index contributed by atoms with van der Waals surface area (Å²) in [5.41, 5.74) is 2.95. The van der Waals surface area contributed by atoms with Crippen LogP contribution < -0.4 is 15.2 Å². The number of aliphatic hydroxyl groups is 1.